The molecule has 0 atom stereocenters. The highest BCUT2D eigenvalue weighted by molar-refractivity contribution is 5.90. The fourth-order valence-electron chi connectivity index (χ4n) is 7.13. The number of hydrogen-bond acceptors (Lipinski definition) is 7. The standard InChI is InChI=1S/C35H43N7O2/c43-35(36-29-12-16-39(17-13-29)25-27-6-2-1-3-7-27)24-28-26-42(32-9-5-4-8-31(28)32)34-11-10-33(37-38-34)41-18-14-30(15-19-41)40-20-22-44-23-21-40/h1-11,26,29-30H,12-25H2,(H,36,43). The molecular formula is C35H43N7O2. The summed E-state index contributed by atoms with van der Waals surface area (Å²) >= 11 is 0. The Hall–Kier alpha value is -3.79. The summed E-state index contributed by atoms with van der Waals surface area (Å²) in [6.07, 6.45) is 6.65. The molecular weight excluding hydrogens is 550 g/mol. The third kappa shape index (κ3) is 6.65. The smallest absolute Gasteiger partial charge is 0.224 e. The second-order valence-corrected chi connectivity index (χ2v) is 12.4. The zero-order valence-electron chi connectivity index (χ0n) is 25.5. The van der Waals surface area contributed by atoms with Crippen LogP contribution in [0.25, 0.3) is 16.7 Å². The number of aromatic nitrogens is 3. The Kier molecular flexibility index (Phi) is 8.86. The van der Waals surface area contributed by atoms with Gasteiger partial charge in [0.15, 0.2) is 11.6 Å². The van der Waals surface area contributed by atoms with Crippen LogP contribution in [0.1, 0.15) is 36.8 Å². The van der Waals surface area contributed by atoms with Gasteiger partial charge in [-0.3, -0.25) is 19.2 Å². The Labute approximate surface area is 259 Å². The summed E-state index contributed by atoms with van der Waals surface area (Å²) in [5.74, 6) is 1.78. The molecule has 0 unspecified atom stereocenters. The van der Waals surface area contributed by atoms with Crippen LogP contribution in [-0.4, -0.2) is 95.0 Å². The molecule has 230 valence electrons. The van der Waals surface area contributed by atoms with Crippen LogP contribution in [0, 0.1) is 0 Å². The van der Waals surface area contributed by atoms with E-state index in [4.69, 9.17) is 4.74 Å². The number of benzene rings is 2. The van der Waals surface area contributed by atoms with Crippen molar-refractivity contribution in [3.63, 3.8) is 0 Å². The summed E-state index contributed by atoms with van der Waals surface area (Å²) in [5.41, 5.74) is 3.39. The molecule has 3 fully saturated rings. The lowest BCUT2D eigenvalue weighted by Crippen LogP contribution is -2.49. The van der Waals surface area contributed by atoms with Crippen molar-refractivity contribution in [3.8, 4) is 5.82 Å². The number of anilines is 1. The summed E-state index contributed by atoms with van der Waals surface area (Å²) in [5, 5.41) is 13.7. The lowest BCUT2D eigenvalue weighted by Gasteiger charge is -2.40. The van der Waals surface area contributed by atoms with Gasteiger partial charge in [0.05, 0.1) is 25.2 Å². The molecule has 1 amide bonds. The highest BCUT2D eigenvalue weighted by Crippen LogP contribution is 2.26. The molecule has 0 radical (unpaired) electrons. The number of para-hydroxylation sites is 1. The maximum atomic E-state index is 13.2. The average Bonchev–Trinajstić information content (AvgIpc) is 3.44. The zero-order valence-corrected chi connectivity index (χ0v) is 25.5. The van der Waals surface area contributed by atoms with Crippen molar-refractivity contribution in [2.24, 2.45) is 0 Å². The van der Waals surface area contributed by atoms with Crippen LogP contribution in [0.3, 0.4) is 0 Å². The van der Waals surface area contributed by atoms with Crippen LogP contribution >= 0.6 is 0 Å². The molecule has 9 heteroatoms. The molecule has 0 bridgehead atoms. The quantitative estimate of drug-likeness (QED) is 0.330. The molecule has 44 heavy (non-hydrogen) atoms. The minimum atomic E-state index is 0.0799. The molecule has 3 aliphatic heterocycles. The number of likely N-dealkylation sites (tertiary alicyclic amines) is 1. The second kappa shape index (κ2) is 13.5. The van der Waals surface area contributed by atoms with E-state index in [1.807, 2.05) is 12.1 Å². The number of nitrogens with one attached hydrogen (secondary N) is 1. The number of carbonyl (C=O) groups is 1. The molecule has 2 aromatic heterocycles. The van der Waals surface area contributed by atoms with E-state index in [1.54, 1.807) is 0 Å². The van der Waals surface area contributed by atoms with Crippen molar-refractivity contribution < 1.29 is 9.53 Å². The van der Waals surface area contributed by atoms with Gasteiger partial charge in [-0.15, -0.1) is 10.2 Å². The summed E-state index contributed by atoms with van der Waals surface area (Å²) < 4.78 is 7.60. The fourth-order valence-corrected chi connectivity index (χ4v) is 7.13. The SMILES string of the molecule is O=C(Cc1cn(-c2ccc(N3CCC(N4CCOCC4)CC3)nn2)c2ccccc12)NC1CCN(Cc2ccccc2)CC1. The monoisotopic (exact) mass is 593 g/mol. The number of fused-ring (bicyclic) bond motifs is 1. The van der Waals surface area contributed by atoms with Crippen molar-refractivity contribution >= 4 is 22.6 Å². The van der Waals surface area contributed by atoms with Crippen molar-refractivity contribution in [1.82, 2.24) is 29.9 Å². The lowest BCUT2D eigenvalue weighted by molar-refractivity contribution is -0.121. The van der Waals surface area contributed by atoms with E-state index in [2.05, 4.69) is 95.6 Å². The maximum Gasteiger partial charge on any atom is 0.224 e. The van der Waals surface area contributed by atoms with Gasteiger partial charge in [0.2, 0.25) is 5.91 Å². The number of carbonyl (C=O) groups excluding carboxylic acids is 1. The Balaban J connectivity index is 0.963. The molecule has 1 N–H and O–H groups in total. The van der Waals surface area contributed by atoms with E-state index in [0.29, 0.717) is 12.5 Å². The fraction of sp³-hybridized carbons (Fsp3) is 0.457. The van der Waals surface area contributed by atoms with Gasteiger partial charge < -0.3 is 15.0 Å². The molecule has 0 aliphatic carbocycles. The van der Waals surface area contributed by atoms with Crippen LogP contribution < -0.4 is 10.2 Å². The minimum absolute atomic E-state index is 0.0799. The predicted octanol–water partition coefficient (Wildman–Crippen LogP) is 4.04. The van der Waals surface area contributed by atoms with Gasteiger partial charge in [-0.05, 0) is 55.0 Å². The predicted molar refractivity (Wildman–Crippen MR) is 173 cm³/mol. The Bertz CT molecular complexity index is 1520. The van der Waals surface area contributed by atoms with E-state index in [9.17, 15) is 4.79 Å². The third-order valence-electron chi connectivity index (χ3n) is 9.58. The van der Waals surface area contributed by atoms with Crippen LogP contribution in [0.4, 0.5) is 5.82 Å². The first-order valence-electron chi connectivity index (χ1n) is 16.2. The summed E-state index contributed by atoms with van der Waals surface area (Å²) in [6.45, 7) is 8.74. The van der Waals surface area contributed by atoms with Crippen molar-refractivity contribution in [2.75, 3.05) is 57.4 Å². The minimum Gasteiger partial charge on any atom is -0.379 e. The Morgan fingerprint density at radius 2 is 1.50 bits per heavy atom. The summed E-state index contributed by atoms with van der Waals surface area (Å²) in [4.78, 5) is 20.6. The number of ether oxygens (including phenoxy) is 1. The van der Waals surface area contributed by atoms with E-state index < -0.39 is 0 Å². The lowest BCUT2D eigenvalue weighted by atomic mass is 10.0. The van der Waals surface area contributed by atoms with Crippen LogP contribution in [-0.2, 0) is 22.5 Å². The van der Waals surface area contributed by atoms with Gasteiger partial charge in [-0.2, -0.15) is 0 Å². The topological polar surface area (TPSA) is 78.8 Å². The van der Waals surface area contributed by atoms with Crippen LogP contribution in [0.5, 0.6) is 0 Å². The molecule has 2 aromatic carbocycles. The number of rotatable bonds is 8. The molecule has 9 nitrogen and oxygen atoms in total. The summed E-state index contributed by atoms with van der Waals surface area (Å²) in [7, 11) is 0. The van der Waals surface area contributed by atoms with E-state index >= 15 is 0 Å². The number of nitrogens with zero attached hydrogens (tertiary/aromatic N) is 6. The van der Waals surface area contributed by atoms with Crippen molar-refractivity contribution in [3.05, 3.63) is 84.1 Å². The first-order chi connectivity index (χ1) is 21.7. The molecule has 4 aromatic rings. The van der Waals surface area contributed by atoms with Crippen LogP contribution in [0.15, 0.2) is 72.9 Å². The molecule has 0 spiro atoms. The largest absolute Gasteiger partial charge is 0.379 e. The van der Waals surface area contributed by atoms with Crippen molar-refractivity contribution in [1.29, 1.82) is 0 Å². The highest BCUT2D eigenvalue weighted by atomic mass is 16.5. The normalized spacial score (nSPS) is 19.4. The number of piperidine rings is 2. The first kappa shape index (κ1) is 29.0. The third-order valence-corrected chi connectivity index (χ3v) is 9.58. The van der Waals surface area contributed by atoms with Crippen LogP contribution in [0.2, 0.25) is 0 Å². The highest BCUT2D eigenvalue weighted by Gasteiger charge is 2.27. The van der Waals surface area contributed by atoms with Gasteiger partial charge in [0.1, 0.15) is 0 Å². The molecule has 5 heterocycles. The van der Waals surface area contributed by atoms with E-state index in [1.165, 1.54) is 5.56 Å². The maximum absolute atomic E-state index is 13.2. The molecule has 3 aliphatic rings. The molecule has 0 saturated carbocycles. The Morgan fingerprint density at radius 1 is 0.795 bits per heavy atom. The van der Waals surface area contributed by atoms with E-state index in [-0.39, 0.29) is 11.9 Å². The van der Waals surface area contributed by atoms with E-state index in [0.717, 1.165) is 113 Å². The summed E-state index contributed by atoms with van der Waals surface area (Å²) in [6, 6.07) is 23.9. The first-order valence-corrected chi connectivity index (χ1v) is 16.2. The zero-order chi connectivity index (χ0) is 29.7. The number of hydrogen-bond donors (Lipinski definition) is 1. The van der Waals surface area contributed by atoms with Gasteiger partial charge >= 0.3 is 0 Å². The van der Waals surface area contributed by atoms with Gasteiger partial charge in [0.25, 0.3) is 0 Å². The number of morpholine rings is 1. The van der Waals surface area contributed by atoms with Gasteiger partial charge in [-0.25, -0.2) is 0 Å². The van der Waals surface area contributed by atoms with Gasteiger partial charge in [0, 0.05) is 69.5 Å². The second-order valence-electron chi connectivity index (χ2n) is 12.4. The Morgan fingerprint density at radius 3 is 2.25 bits per heavy atom. The molecule has 7 rings (SSSR count). The average molecular weight is 594 g/mol. The number of amides is 1. The van der Waals surface area contributed by atoms with Gasteiger partial charge in [-0.1, -0.05) is 48.5 Å². The molecule has 3 saturated heterocycles. The van der Waals surface area contributed by atoms with Crippen molar-refractivity contribution in [2.45, 2.75) is 50.7 Å².